The molecule has 0 aliphatic carbocycles. The summed E-state index contributed by atoms with van der Waals surface area (Å²) in [5, 5.41) is 5.08. The molecule has 0 aromatic heterocycles. The van der Waals surface area contributed by atoms with E-state index in [2.05, 4.69) is 5.32 Å². The molecule has 3 nitrogen and oxygen atoms in total. The SMILES string of the molecule is CC(=O)N1CCC(NCc2c(Cl)ccc(Cl)c2Cl)CC1. The molecule has 1 fully saturated rings. The molecule has 0 unspecified atom stereocenters. The summed E-state index contributed by atoms with van der Waals surface area (Å²) in [7, 11) is 0. The van der Waals surface area contributed by atoms with E-state index >= 15 is 0 Å². The first-order valence-electron chi connectivity index (χ1n) is 6.60. The molecule has 1 aliphatic heterocycles. The van der Waals surface area contributed by atoms with E-state index in [-0.39, 0.29) is 5.91 Å². The second kappa shape index (κ2) is 6.99. The van der Waals surface area contributed by atoms with E-state index in [4.69, 9.17) is 34.8 Å². The molecule has 2 rings (SSSR count). The highest BCUT2D eigenvalue weighted by atomic mass is 35.5. The zero-order valence-electron chi connectivity index (χ0n) is 11.3. The first-order chi connectivity index (χ1) is 9.49. The first-order valence-corrected chi connectivity index (χ1v) is 7.73. The summed E-state index contributed by atoms with van der Waals surface area (Å²) in [6.45, 7) is 3.79. The van der Waals surface area contributed by atoms with Crippen molar-refractivity contribution < 1.29 is 4.79 Å². The number of hydrogen-bond acceptors (Lipinski definition) is 2. The average molecular weight is 336 g/mol. The predicted molar refractivity (Wildman–Crippen MR) is 83.6 cm³/mol. The standard InChI is InChI=1S/C14H17Cl3N2O/c1-9(20)19-6-4-10(5-7-19)18-8-11-12(15)2-3-13(16)14(11)17/h2-3,10,18H,4-8H2,1H3. The lowest BCUT2D eigenvalue weighted by molar-refractivity contribution is -0.129. The summed E-state index contributed by atoms with van der Waals surface area (Å²) >= 11 is 18.3. The molecule has 1 aromatic rings. The Morgan fingerprint density at radius 2 is 1.85 bits per heavy atom. The molecule has 6 heteroatoms. The Labute approximate surface area is 134 Å². The molecule has 0 atom stereocenters. The number of carbonyl (C=O) groups is 1. The summed E-state index contributed by atoms with van der Waals surface area (Å²) in [5.41, 5.74) is 0.829. The summed E-state index contributed by atoms with van der Waals surface area (Å²) in [6, 6.07) is 3.82. The van der Waals surface area contributed by atoms with Gasteiger partial charge < -0.3 is 10.2 Å². The van der Waals surface area contributed by atoms with Gasteiger partial charge >= 0.3 is 0 Å². The smallest absolute Gasteiger partial charge is 0.219 e. The molecule has 20 heavy (non-hydrogen) atoms. The molecule has 0 bridgehead atoms. The number of nitrogens with one attached hydrogen (secondary N) is 1. The Balaban J connectivity index is 1.91. The third-order valence-electron chi connectivity index (χ3n) is 3.65. The maximum Gasteiger partial charge on any atom is 0.219 e. The highest BCUT2D eigenvalue weighted by Gasteiger charge is 2.20. The molecule has 1 N–H and O–H groups in total. The minimum Gasteiger partial charge on any atom is -0.343 e. The molecule has 1 amide bonds. The number of likely N-dealkylation sites (tertiary alicyclic amines) is 1. The fourth-order valence-electron chi connectivity index (χ4n) is 2.38. The topological polar surface area (TPSA) is 32.3 Å². The van der Waals surface area contributed by atoms with Crippen molar-refractivity contribution >= 4 is 40.7 Å². The van der Waals surface area contributed by atoms with Gasteiger partial charge in [0.2, 0.25) is 5.91 Å². The van der Waals surface area contributed by atoms with E-state index in [0.29, 0.717) is 27.7 Å². The van der Waals surface area contributed by atoms with Crippen molar-refractivity contribution in [2.75, 3.05) is 13.1 Å². The Bertz CT molecular complexity index is 499. The van der Waals surface area contributed by atoms with Crippen LogP contribution in [0.3, 0.4) is 0 Å². The minimum absolute atomic E-state index is 0.143. The van der Waals surface area contributed by atoms with Crippen molar-refractivity contribution in [2.45, 2.75) is 32.4 Å². The van der Waals surface area contributed by atoms with Crippen molar-refractivity contribution in [3.63, 3.8) is 0 Å². The van der Waals surface area contributed by atoms with Gasteiger partial charge in [0.05, 0.1) is 10.0 Å². The Morgan fingerprint density at radius 1 is 1.25 bits per heavy atom. The van der Waals surface area contributed by atoms with Gasteiger partial charge in [0, 0.05) is 43.2 Å². The summed E-state index contributed by atoms with van der Waals surface area (Å²) in [4.78, 5) is 13.1. The summed E-state index contributed by atoms with van der Waals surface area (Å²) in [6.07, 6.45) is 1.88. The summed E-state index contributed by atoms with van der Waals surface area (Å²) in [5.74, 6) is 0.143. The number of piperidine rings is 1. The predicted octanol–water partition coefficient (Wildman–Crippen LogP) is 3.75. The normalized spacial score (nSPS) is 16.5. The fourth-order valence-corrected chi connectivity index (χ4v) is 3.06. The van der Waals surface area contributed by atoms with Crippen LogP contribution in [0.5, 0.6) is 0 Å². The molecule has 1 aliphatic rings. The Hall–Kier alpha value is -0.480. The van der Waals surface area contributed by atoms with Gasteiger partial charge in [-0.05, 0) is 25.0 Å². The molecule has 110 valence electrons. The van der Waals surface area contributed by atoms with E-state index < -0.39 is 0 Å². The highest BCUT2D eigenvalue weighted by molar-refractivity contribution is 6.44. The van der Waals surface area contributed by atoms with Gasteiger partial charge in [0.15, 0.2) is 0 Å². The second-order valence-electron chi connectivity index (χ2n) is 4.98. The molecule has 0 radical (unpaired) electrons. The van der Waals surface area contributed by atoms with Gasteiger partial charge in [-0.15, -0.1) is 0 Å². The Morgan fingerprint density at radius 3 is 2.45 bits per heavy atom. The number of rotatable bonds is 3. The molecule has 1 aromatic carbocycles. The van der Waals surface area contributed by atoms with Crippen molar-refractivity contribution in [3.05, 3.63) is 32.8 Å². The second-order valence-corrected chi connectivity index (χ2v) is 6.18. The van der Waals surface area contributed by atoms with Crippen LogP contribution >= 0.6 is 34.8 Å². The largest absolute Gasteiger partial charge is 0.343 e. The molecule has 1 saturated heterocycles. The number of nitrogens with zero attached hydrogens (tertiary/aromatic N) is 1. The van der Waals surface area contributed by atoms with Crippen LogP contribution in [0.4, 0.5) is 0 Å². The lowest BCUT2D eigenvalue weighted by Gasteiger charge is -2.32. The third kappa shape index (κ3) is 3.79. The van der Waals surface area contributed by atoms with Gasteiger partial charge in [-0.25, -0.2) is 0 Å². The number of carbonyl (C=O) groups excluding carboxylic acids is 1. The van der Waals surface area contributed by atoms with Crippen LogP contribution in [0.1, 0.15) is 25.3 Å². The van der Waals surface area contributed by atoms with E-state index in [9.17, 15) is 4.79 Å². The van der Waals surface area contributed by atoms with Gasteiger partial charge in [-0.1, -0.05) is 34.8 Å². The van der Waals surface area contributed by atoms with Crippen LogP contribution in [0.25, 0.3) is 0 Å². The van der Waals surface area contributed by atoms with Crippen molar-refractivity contribution in [1.82, 2.24) is 10.2 Å². The van der Waals surface area contributed by atoms with Gasteiger partial charge in [-0.3, -0.25) is 4.79 Å². The summed E-state index contributed by atoms with van der Waals surface area (Å²) < 4.78 is 0. The van der Waals surface area contributed by atoms with Crippen LogP contribution in [-0.2, 0) is 11.3 Å². The molecular formula is C14H17Cl3N2O. The quantitative estimate of drug-likeness (QED) is 0.853. The minimum atomic E-state index is 0.143. The number of amides is 1. The van der Waals surface area contributed by atoms with Crippen molar-refractivity contribution in [2.24, 2.45) is 0 Å². The number of halogens is 3. The zero-order chi connectivity index (χ0) is 14.7. The Kier molecular flexibility index (Phi) is 5.56. The maximum absolute atomic E-state index is 11.3. The molecular weight excluding hydrogens is 319 g/mol. The first kappa shape index (κ1) is 15.9. The van der Waals surface area contributed by atoms with E-state index in [1.165, 1.54) is 0 Å². The molecule has 1 heterocycles. The van der Waals surface area contributed by atoms with Gasteiger partial charge in [0.25, 0.3) is 0 Å². The lowest BCUT2D eigenvalue weighted by atomic mass is 10.0. The third-order valence-corrected chi connectivity index (χ3v) is 4.84. The van der Waals surface area contributed by atoms with E-state index in [1.807, 2.05) is 4.90 Å². The maximum atomic E-state index is 11.3. The van der Waals surface area contributed by atoms with Crippen molar-refractivity contribution in [1.29, 1.82) is 0 Å². The zero-order valence-corrected chi connectivity index (χ0v) is 13.5. The number of benzene rings is 1. The fraction of sp³-hybridized carbons (Fsp3) is 0.500. The average Bonchev–Trinajstić information content (AvgIpc) is 2.43. The van der Waals surface area contributed by atoms with E-state index in [0.717, 1.165) is 31.5 Å². The van der Waals surface area contributed by atoms with Crippen LogP contribution in [0.15, 0.2) is 12.1 Å². The lowest BCUT2D eigenvalue weighted by Crippen LogP contribution is -2.44. The van der Waals surface area contributed by atoms with Crippen molar-refractivity contribution in [3.8, 4) is 0 Å². The molecule has 0 spiro atoms. The van der Waals surface area contributed by atoms with Gasteiger partial charge in [0.1, 0.15) is 0 Å². The van der Waals surface area contributed by atoms with E-state index in [1.54, 1.807) is 19.1 Å². The monoisotopic (exact) mass is 334 g/mol. The van der Waals surface area contributed by atoms with Crippen LogP contribution in [0, 0.1) is 0 Å². The van der Waals surface area contributed by atoms with Crippen LogP contribution < -0.4 is 5.32 Å². The van der Waals surface area contributed by atoms with Gasteiger partial charge in [-0.2, -0.15) is 0 Å². The van der Waals surface area contributed by atoms with Crippen LogP contribution in [-0.4, -0.2) is 29.9 Å². The highest BCUT2D eigenvalue weighted by Crippen LogP contribution is 2.31. The number of hydrogen-bond donors (Lipinski definition) is 1. The molecule has 0 saturated carbocycles. The van der Waals surface area contributed by atoms with Crippen LogP contribution in [0.2, 0.25) is 15.1 Å².